The van der Waals surface area contributed by atoms with E-state index in [1.54, 1.807) is 6.08 Å². The van der Waals surface area contributed by atoms with Crippen molar-refractivity contribution in [1.82, 2.24) is 0 Å². The second kappa shape index (κ2) is 6.96. The van der Waals surface area contributed by atoms with Crippen LogP contribution in [0.15, 0.2) is 23.8 Å². The SMILES string of the molecule is CC1=CC(=O)[C@](C)(CCC(=O)Nc2c(O)ccc(C(=O)O)c2O)CC1. The lowest BCUT2D eigenvalue weighted by atomic mass is 9.73. The van der Waals surface area contributed by atoms with Gasteiger partial charge in [0.15, 0.2) is 11.5 Å². The molecule has 7 heteroatoms. The van der Waals surface area contributed by atoms with E-state index in [0.717, 1.165) is 24.1 Å². The van der Waals surface area contributed by atoms with Crippen LogP contribution in [0, 0.1) is 5.41 Å². The molecule has 0 fully saturated rings. The Morgan fingerprint density at radius 3 is 2.56 bits per heavy atom. The van der Waals surface area contributed by atoms with Crippen molar-refractivity contribution in [2.45, 2.75) is 39.5 Å². The first-order valence-corrected chi connectivity index (χ1v) is 7.94. The number of aromatic hydroxyl groups is 2. The van der Waals surface area contributed by atoms with Crippen LogP contribution < -0.4 is 5.32 Å². The van der Waals surface area contributed by atoms with Crippen LogP contribution in [0.5, 0.6) is 11.5 Å². The van der Waals surface area contributed by atoms with Crippen molar-refractivity contribution in [2.75, 3.05) is 5.32 Å². The van der Waals surface area contributed by atoms with Gasteiger partial charge in [-0.05, 0) is 44.4 Å². The number of anilines is 1. The lowest BCUT2D eigenvalue weighted by molar-refractivity contribution is -0.125. The van der Waals surface area contributed by atoms with E-state index in [1.165, 1.54) is 0 Å². The highest BCUT2D eigenvalue weighted by Gasteiger charge is 2.34. The predicted molar refractivity (Wildman–Crippen MR) is 90.7 cm³/mol. The van der Waals surface area contributed by atoms with Crippen molar-refractivity contribution in [3.05, 3.63) is 29.3 Å². The summed E-state index contributed by atoms with van der Waals surface area (Å²) in [5, 5.41) is 31.0. The monoisotopic (exact) mass is 347 g/mol. The third kappa shape index (κ3) is 3.99. The van der Waals surface area contributed by atoms with Crippen LogP contribution in [-0.4, -0.2) is 33.0 Å². The summed E-state index contributed by atoms with van der Waals surface area (Å²) in [5.41, 5.74) is -0.375. The molecule has 1 amide bonds. The molecule has 1 atom stereocenters. The van der Waals surface area contributed by atoms with Crippen molar-refractivity contribution < 1.29 is 29.7 Å². The molecular weight excluding hydrogens is 326 g/mol. The molecule has 25 heavy (non-hydrogen) atoms. The van der Waals surface area contributed by atoms with Gasteiger partial charge >= 0.3 is 5.97 Å². The molecule has 0 unspecified atom stereocenters. The molecule has 7 nitrogen and oxygen atoms in total. The van der Waals surface area contributed by atoms with Crippen molar-refractivity contribution in [3.63, 3.8) is 0 Å². The van der Waals surface area contributed by atoms with Crippen LogP contribution in [0.1, 0.15) is 49.9 Å². The van der Waals surface area contributed by atoms with Gasteiger partial charge in [-0.15, -0.1) is 0 Å². The Morgan fingerprint density at radius 1 is 1.28 bits per heavy atom. The third-order valence-corrected chi connectivity index (χ3v) is 4.60. The van der Waals surface area contributed by atoms with E-state index in [9.17, 15) is 24.6 Å². The smallest absolute Gasteiger partial charge is 0.339 e. The Bertz CT molecular complexity index is 767. The number of rotatable bonds is 5. The highest BCUT2D eigenvalue weighted by molar-refractivity contribution is 6.00. The van der Waals surface area contributed by atoms with Gasteiger partial charge in [-0.2, -0.15) is 0 Å². The summed E-state index contributed by atoms with van der Waals surface area (Å²) in [5.74, 6) is -3.06. The number of carboxylic acids is 1. The zero-order chi connectivity index (χ0) is 18.8. The number of allylic oxidation sites excluding steroid dienone is 2. The molecule has 4 N–H and O–H groups in total. The number of phenols is 2. The molecule has 1 aliphatic carbocycles. The lowest BCUT2D eigenvalue weighted by Crippen LogP contribution is -2.31. The van der Waals surface area contributed by atoms with E-state index in [0.29, 0.717) is 12.8 Å². The van der Waals surface area contributed by atoms with Gasteiger partial charge in [-0.1, -0.05) is 12.5 Å². The summed E-state index contributed by atoms with van der Waals surface area (Å²) >= 11 is 0. The molecule has 1 aromatic carbocycles. The first-order chi connectivity index (χ1) is 11.6. The molecule has 0 saturated carbocycles. The average molecular weight is 347 g/mol. The normalized spacial score (nSPS) is 20.1. The van der Waals surface area contributed by atoms with E-state index < -0.39 is 34.4 Å². The Balaban J connectivity index is 2.08. The summed E-state index contributed by atoms with van der Waals surface area (Å²) in [6, 6.07) is 2.12. The van der Waals surface area contributed by atoms with Crippen LogP contribution in [0.4, 0.5) is 5.69 Å². The van der Waals surface area contributed by atoms with E-state index in [1.807, 2.05) is 13.8 Å². The van der Waals surface area contributed by atoms with Gasteiger partial charge in [0, 0.05) is 11.8 Å². The first kappa shape index (κ1) is 18.5. The van der Waals surface area contributed by atoms with Gasteiger partial charge in [0.2, 0.25) is 5.91 Å². The summed E-state index contributed by atoms with van der Waals surface area (Å²) in [7, 11) is 0. The molecule has 0 spiro atoms. The minimum Gasteiger partial charge on any atom is -0.506 e. The molecule has 134 valence electrons. The maximum Gasteiger partial charge on any atom is 0.339 e. The van der Waals surface area contributed by atoms with Crippen molar-refractivity contribution in [1.29, 1.82) is 0 Å². The number of hydrogen-bond acceptors (Lipinski definition) is 5. The molecule has 1 aliphatic rings. The van der Waals surface area contributed by atoms with Gasteiger partial charge in [0.05, 0.1) is 0 Å². The van der Waals surface area contributed by atoms with Crippen LogP contribution in [0.3, 0.4) is 0 Å². The zero-order valence-electron chi connectivity index (χ0n) is 14.1. The quantitative estimate of drug-likeness (QED) is 0.607. The first-order valence-electron chi connectivity index (χ1n) is 7.94. The average Bonchev–Trinajstić information content (AvgIpc) is 2.53. The second-order valence-electron chi connectivity index (χ2n) is 6.62. The number of nitrogens with one attached hydrogen (secondary N) is 1. The van der Waals surface area contributed by atoms with E-state index in [4.69, 9.17) is 5.11 Å². The maximum atomic E-state index is 12.2. The Kier molecular flexibility index (Phi) is 5.15. The molecule has 0 aromatic heterocycles. The minimum absolute atomic E-state index is 0.00526. The van der Waals surface area contributed by atoms with Gasteiger partial charge in [0.25, 0.3) is 0 Å². The van der Waals surface area contributed by atoms with Crippen LogP contribution in [-0.2, 0) is 9.59 Å². The Morgan fingerprint density at radius 2 is 1.96 bits per heavy atom. The van der Waals surface area contributed by atoms with E-state index >= 15 is 0 Å². The topological polar surface area (TPSA) is 124 Å². The number of carbonyl (C=O) groups excluding carboxylic acids is 2. The van der Waals surface area contributed by atoms with Crippen LogP contribution >= 0.6 is 0 Å². The summed E-state index contributed by atoms with van der Waals surface area (Å²) < 4.78 is 0. The summed E-state index contributed by atoms with van der Waals surface area (Å²) in [6.07, 6.45) is 3.39. The molecule has 0 bridgehead atoms. The second-order valence-corrected chi connectivity index (χ2v) is 6.62. The molecule has 1 aromatic rings. The predicted octanol–water partition coefficient (Wildman–Crippen LogP) is 2.83. The number of ketones is 1. The number of amides is 1. The van der Waals surface area contributed by atoms with E-state index in [-0.39, 0.29) is 17.9 Å². The fourth-order valence-corrected chi connectivity index (χ4v) is 2.78. The number of hydrogen-bond donors (Lipinski definition) is 4. The highest BCUT2D eigenvalue weighted by atomic mass is 16.4. The molecule has 2 rings (SSSR count). The van der Waals surface area contributed by atoms with Crippen molar-refractivity contribution >= 4 is 23.3 Å². The standard InChI is InChI=1S/C18H21NO6/c1-10-5-7-18(2,13(21)9-10)8-6-14(22)19-15-12(20)4-3-11(16(15)23)17(24)25/h3-4,9,20,23H,5-8H2,1-2H3,(H,19,22)(H,24,25)/t18-/m0/s1. The maximum absolute atomic E-state index is 12.2. The van der Waals surface area contributed by atoms with Gasteiger partial charge in [-0.3, -0.25) is 9.59 Å². The largest absolute Gasteiger partial charge is 0.506 e. The third-order valence-electron chi connectivity index (χ3n) is 4.60. The minimum atomic E-state index is -1.38. The fourth-order valence-electron chi connectivity index (χ4n) is 2.78. The lowest BCUT2D eigenvalue weighted by Gasteiger charge is -2.30. The van der Waals surface area contributed by atoms with Gasteiger partial charge in [0.1, 0.15) is 17.0 Å². The highest BCUT2D eigenvalue weighted by Crippen LogP contribution is 2.38. The number of benzene rings is 1. The molecule has 0 radical (unpaired) electrons. The molecular formula is C18H21NO6. The van der Waals surface area contributed by atoms with Gasteiger partial charge in [-0.25, -0.2) is 4.79 Å². The number of phenolic OH excluding ortho intramolecular Hbond substituents is 1. The van der Waals surface area contributed by atoms with Crippen molar-refractivity contribution in [3.8, 4) is 11.5 Å². The molecule has 0 aliphatic heterocycles. The number of carbonyl (C=O) groups is 3. The van der Waals surface area contributed by atoms with Gasteiger partial charge < -0.3 is 20.6 Å². The van der Waals surface area contributed by atoms with Crippen LogP contribution in [0.25, 0.3) is 0 Å². The summed E-state index contributed by atoms with van der Waals surface area (Å²) in [4.78, 5) is 35.3. The number of aromatic carboxylic acids is 1. The van der Waals surface area contributed by atoms with E-state index in [2.05, 4.69) is 5.32 Å². The van der Waals surface area contributed by atoms with Crippen LogP contribution in [0.2, 0.25) is 0 Å². The Hall–Kier alpha value is -2.83. The number of carboxylic acid groups (broad SMARTS) is 1. The fraction of sp³-hybridized carbons (Fsp3) is 0.389. The Labute approximate surface area is 145 Å². The van der Waals surface area contributed by atoms with Crippen molar-refractivity contribution in [2.24, 2.45) is 5.41 Å². The molecule has 0 saturated heterocycles. The molecule has 0 heterocycles. The summed E-state index contributed by atoms with van der Waals surface area (Å²) in [6.45, 7) is 3.71. The zero-order valence-corrected chi connectivity index (χ0v) is 14.1.